The number of aliphatic hydroxyl groups is 1. The Morgan fingerprint density at radius 2 is 2.05 bits per heavy atom. The third kappa shape index (κ3) is 6.79. The van der Waals surface area contributed by atoms with Gasteiger partial charge in [-0.05, 0) is 19.1 Å². The van der Waals surface area contributed by atoms with E-state index in [0.29, 0.717) is 18.8 Å². The minimum atomic E-state index is -0.974. The molecule has 1 unspecified atom stereocenters. The van der Waals surface area contributed by atoms with E-state index in [1.54, 1.807) is 26.2 Å². The van der Waals surface area contributed by atoms with Gasteiger partial charge in [0.05, 0.1) is 5.60 Å². The SMILES string of the molecule is COCCC(C)(O)CNC(=O)COc1ccccc1. The number of para-hydroxylation sites is 1. The Morgan fingerprint density at radius 1 is 1.37 bits per heavy atom. The first-order valence-electron chi connectivity index (χ1n) is 6.19. The number of benzene rings is 1. The maximum atomic E-state index is 11.6. The summed E-state index contributed by atoms with van der Waals surface area (Å²) in [5.41, 5.74) is -0.974. The zero-order valence-electron chi connectivity index (χ0n) is 11.4. The first kappa shape index (κ1) is 15.5. The summed E-state index contributed by atoms with van der Waals surface area (Å²) in [4.78, 5) is 11.6. The van der Waals surface area contributed by atoms with Crippen LogP contribution >= 0.6 is 0 Å². The number of amides is 1. The number of ether oxygens (including phenoxy) is 2. The van der Waals surface area contributed by atoms with Crippen LogP contribution < -0.4 is 10.1 Å². The van der Waals surface area contributed by atoms with E-state index in [9.17, 15) is 9.90 Å². The maximum absolute atomic E-state index is 11.6. The van der Waals surface area contributed by atoms with E-state index in [0.717, 1.165) is 0 Å². The highest BCUT2D eigenvalue weighted by molar-refractivity contribution is 5.77. The van der Waals surface area contributed by atoms with E-state index < -0.39 is 5.60 Å². The van der Waals surface area contributed by atoms with Crippen molar-refractivity contribution in [3.8, 4) is 5.75 Å². The van der Waals surface area contributed by atoms with Crippen molar-refractivity contribution < 1.29 is 19.4 Å². The quantitative estimate of drug-likeness (QED) is 0.736. The van der Waals surface area contributed by atoms with Gasteiger partial charge in [0.2, 0.25) is 0 Å². The van der Waals surface area contributed by atoms with Crippen molar-refractivity contribution >= 4 is 5.91 Å². The van der Waals surface area contributed by atoms with E-state index >= 15 is 0 Å². The lowest BCUT2D eigenvalue weighted by Gasteiger charge is -2.23. The van der Waals surface area contributed by atoms with E-state index in [-0.39, 0.29) is 19.1 Å². The average Bonchev–Trinajstić information content (AvgIpc) is 2.42. The molecule has 0 bridgehead atoms. The molecule has 5 nitrogen and oxygen atoms in total. The lowest BCUT2D eigenvalue weighted by Crippen LogP contribution is -2.42. The maximum Gasteiger partial charge on any atom is 0.258 e. The van der Waals surface area contributed by atoms with Crippen molar-refractivity contribution in [2.45, 2.75) is 18.9 Å². The molecule has 0 saturated heterocycles. The number of carbonyl (C=O) groups excluding carboxylic acids is 1. The lowest BCUT2D eigenvalue weighted by atomic mass is 10.0. The molecule has 1 rings (SSSR count). The number of methoxy groups -OCH3 is 1. The molecule has 1 aromatic carbocycles. The van der Waals surface area contributed by atoms with Crippen molar-refractivity contribution in [2.75, 3.05) is 26.9 Å². The third-order valence-electron chi connectivity index (χ3n) is 2.62. The molecule has 1 atom stereocenters. The number of rotatable bonds is 8. The molecule has 19 heavy (non-hydrogen) atoms. The summed E-state index contributed by atoms with van der Waals surface area (Å²) < 4.78 is 10.2. The highest BCUT2D eigenvalue weighted by Crippen LogP contribution is 2.09. The van der Waals surface area contributed by atoms with Crippen LogP contribution in [-0.4, -0.2) is 43.5 Å². The predicted octanol–water partition coefficient (Wildman–Crippen LogP) is 0.969. The van der Waals surface area contributed by atoms with Gasteiger partial charge in [0.25, 0.3) is 5.91 Å². The van der Waals surface area contributed by atoms with Crippen LogP contribution in [0, 0.1) is 0 Å². The van der Waals surface area contributed by atoms with Gasteiger partial charge in [-0.25, -0.2) is 0 Å². The molecule has 0 aliphatic rings. The standard InChI is InChI=1S/C14H21NO4/c1-14(17,8-9-18-2)11-15-13(16)10-19-12-6-4-3-5-7-12/h3-7,17H,8-11H2,1-2H3,(H,15,16). The fraction of sp³-hybridized carbons (Fsp3) is 0.500. The van der Waals surface area contributed by atoms with Crippen molar-refractivity contribution in [2.24, 2.45) is 0 Å². The lowest BCUT2D eigenvalue weighted by molar-refractivity contribution is -0.124. The average molecular weight is 267 g/mol. The molecule has 2 N–H and O–H groups in total. The third-order valence-corrected chi connectivity index (χ3v) is 2.62. The molecule has 5 heteroatoms. The fourth-order valence-electron chi connectivity index (χ4n) is 1.42. The number of hydrogen-bond donors (Lipinski definition) is 2. The Balaban J connectivity index is 2.24. The monoisotopic (exact) mass is 267 g/mol. The zero-order chi connectivity index (χ0) is 14.1. The summed E-state index contributed by atoms with van der Waals surface area (Å²) in [5.74, 6) is 0.380. The van der Waals surface area contributed by atoms with Crippen LogP contribution in [0.15, 0.2) is 30.3 Å². The van der Waals surface area contributed by atoms with Crippen LogP contribution in [0.1, 0.15) is 13.3 Å². The topological polar surface area (TPSA) is 67.8 Å². The summed E-state index contributed by atoms with van der Waals surface area (Å²) in [6.45, 7) is 2.21. The molecule has 0 spiro atoms. The van der Waals surface area contributed by atoms with Gasteiger partial charge in [-0.3, -0.25) is 4.79 Å². The Bertz CT molecular complexity index is 378. The Kier molecular flexibility index (Phi) is 6.32. The number of nitrogens with one attached hydrogen (secondary N) is 1. The second-order valence-electron chi connectivity index (χ2n) is 4.62. The summed E-state index contributed by atoms with van der Waals surface area (Å²) in [5, 5.41) is 12.6. The Morgan fingerprint density at radius 3 is 2.68 bits per heavy atom. The smallest absolute Gasteiger partial charge is 0.258 e. The minimum absolute atomic E-state index is 0.0651. The molecule has 0 saturated carbocycles. The summed E-state index contributed by atoms with van der Waals surface area (Å²) in [6.07, 6.45) is 0.462. The highest BCUT2D eigenvalue weighted by Gasteiger charge is 2.20. The van der Waals surface area contributed by atoms with Gasteiger partial charge in [0, 0.05) is 26.7 Å². The molecule has 1 amide bonds. The van der Waals surface area contributed by atoms with E-state index in [1.165, 1.54) is 0 Å². The van der Waals surface area contributed by atoms with Crippen LogP contribution in [0.3, 0.4) is 0 Å². The molecule has 0 aliphatic carbocycles. The van der Waals surface area contributed by atoms with Gasteiger partial charge in [0.15, 0.2) is 6.61 Å². The Labute approximate surface area is 113 Å². The van der Waals surface area contributed by atoms with Crippen molar-refractivity contribution in [3.63, 3.8) is 0 Å². The van der Waals surface area contributed by atoms with Crippen molar-refractivity contribution in [1.29, 1.82) is 0 Å². The molecule has 0 fully saturated rings. The van der Waals surface area contributed by atoms with Gasteiger partial charge in [-0.2, -0.15) is 0 Å². The molecule has 0 heterocycles. The second-order valence-corrected chi connectivity index (χ2v) is 4.62. The van der Waals surface area contributed by atoms with Crippen LogP contribution in [-0.2, 0) is 9.53 Å². The largest absolute Gasteiger partial charge is 0.484 e. The van der Waals surface area contributed by atoms with Crippen LogP contribution in [0.5, 0.6) is 5.75 Å². The normalized spacial score (nSPS) is 13.6. The molecule has 0 aliphatic heterocycles. The zero-order valence-corrected chi connectivity index (χ0v) is 11.4. The predicted molar refractivity (Wildman–Crippen MR) is 72.1 cm³/mol. The fourth-order valence-corrected chi connectivity index (χ4v) is 1.42. The summed E-state index contributed by atoms with van der Waals surface area (Å²) in [6, 6.07) is 9.11. The highest BCUT2D eigenvalue weighted by atomic mass is 16.5. The van der Waals surface area contributed by atoms with Crippen LogP contribution in [0.4, 0.5) is 0 Å². The van der Waals surface area contributed by atoms with E-state index in [1.807, 2.05) is 18.2 Å². The van der Waals surface area contributed by atoms with Gasteiger partial charge >= 0.3 is 0 Å². The number of hydrogen-bond acceptors (Lipinski definition) is 4. The minimum Gasteiger partial charge on any atom is -0.484 e. The molecular formula is C14H21NO4. The van der Waals surface area contributed by atoms with Gasteiger partial charge in [-0.15, -0.1) is 0 Å². The van der Waals surface area contributed by atoms with E-state index in [2.05, 4.69) is 5.32 Å². The summed E-state index contributed by atoms with van der Waals surface area (Å²) >= 11 is 0. The van der Waals surface area contributed by atoms with Crippen molar-refractivity contribution in [3.05, 3.63) is 30.3 Å². The molecule has 1 aromatic rings. The van der Waals surface area contributed by atoms with Gasteiger partial charge in [0.1, 0.15) is 5.75 Å². The summed E-state index contributed by atoms with van der Waals surface area (Å²) in [7, 11) is 1.57. The van der Waals surface area contributed by atoms with Crippen LogP contribution in [0.25, 0.3) is 0 Å². The Hall–Kier alpha value is -1.59. The second kappa shape index (κ2) is 7.76. The molecule has 106 valence electrons. The molecule has 0 aromatic heterocycles. The van der Waals surface area contributed by atoms with Crippen molar-refractivity contribution in [1.82, 2.24) is 5.32 Å². The number of carbonyl (C=O) groups is 1. The van der Waals surface area contributed by atoms with Crippen LogP contribution in [0.2, 0.25) is 0 Å². The molecule has 0 radical (unpaired) electrons. The van der Waals surface area contributed by atoms with E-state index in [4.69, 9.17) is 9.47 Å². The van der Waals surface area contributed by atoms with Gasteiger partial charge in [-0.1, -0.05) is 18.2 Å². The first-order chi connectivity index (χ1) is 9.03. The molecular weight excluding hydrogens is 246 g/mol. The van der Waals surface area contributed by atoms with Gasteiger partial charge < -0.3 is 19.9 Å². The first-order valence-corrected chi connectivity index (χ1v) is 6.19.